The van der Waals surface area contributed by atoms with Crippen molar-refractivity contribution in [1.82, 2.24) is 0 Å². The molecule has 1 aliphatic heterocycles. The van der Waals surface area contributed by atoms with Crippen LogP contribution in [0.1, 0.15) is 76.1 Å². The van der Waals surface area contributed by atoms with Crippen molar-refractivity contribution in [2.45, 2.75) is 70.9 Å². The van der Waals surface area contributed by atoms with Crippen LogP contribution in [0.5, 0.6) is 11.5 Å². The highest BCUT2D eigenvalue weighted by molar-refractivity contribution is 6.01. The molecule has 38 heavy (non-hydrogen) atoms. The fourth-order valence-corrected chi connectivity index (χ4v) is 5.50. The summed E-state index contributed by atoms with van der Waals surface area (Å²) in [4.78, 5) is 14.0. The van der Waals surface area contributed by atoms with Crippen LogP contribution in [0, 0.1) is 0 Å². The minimum absolute atomic E-state index is 0.0443. The zero-order valence-corrected chi connectivity index (χ0v) is 23.2. The SMILES string of the molecule is COc1cccc(C2Nc3ccccc3NC3=C2C(=O)CC(c2ccc(C(C)(C)C)cc2)C3)c1OC(C)C. The number of ketones is 1. The lowest BCUT2D eigenvalue weighted by Crippen LogP contribution is -2.27. The van der Waals surface area contributed by atoms with Crippen LogP contribution in [0.4, 0.5) is 11.4 Å². The Morgan fingerprint density at radius 2 is 1.61 bits per heavy atom. The number of benzene rings is 3. The van der Waals surface area contributed by atoms with Crippen molar-refractivity contribution in [3.63, 3.8) is 0 Å². The summed E-state index contributed by atoms with van der Waals surface area (Å²) in [5, 5.41) is 7.31. The normalized spacial score (nSPS) is 19.2. The molecule has 5 rings (SSSR count). The van der Waals surface area contributed by atoms with E-state index in [1.54, 1.807) is 7.11 Å². The third kappa shape index (κ3) is 5.02. The van der Waals surface area contributed by atoms with Crippen molar-refractivity contribution in [1.29, 1.82) is 0 Å². The van der Waals surface area contributed by atoms with Crippen molar-refractivity contribution in [2.24, 2.45) is 0 Å². The van der Waals surface area contributed by atoms with Crippen LogP contribution in [0.25, 0.3) is 0 Å². The van der Waals surface area contributed by atoms with E-state index in [4.69, 9.17) is 9.47 Å². The number of para-hydroxylation sites is 3. The quantitative estimate of drug-likeness (QED) is 0.367. The fraction of sp³-hybridized carbons (Fsp3) is 0.364. The number of carbonyl (C=O) groups is 1. The zero-order valence-electron chi connectivity index (χ0n) is 23.2. The van der Waals surface area contributed by atoms with Crippen molar-refractivity contribution >= 4 is 17.2 Å². The highest BCUT2D eigenvalue weighted by Crippen LogP contribution is 2.47. The molecular weight excluding hydrogens is 472 g/mol. The molecular formula is C33H38N2O3. The molecule has 0 spiro atoms. The molecule has 1 aliphatic carbocycles. The van der Waals surface area contributed by atoms with E-state index in [-0.39, 0.29) is 29.3 Å². The molecule has 1 heterocycles. The maximum atomic E-state index is 14.0. The Bertz CT molecular complexity index is 1370. The smallest absolute Gasteiger partial charge is 0.167 e. The number of rotatable bonds is 5. The number of nitrogens with one attached hydrogen (secondary N) is 2. The standard InChI is InChI=1S/C33H38N2O3/c1-20(2)38-32-24(10-9-13-29(32)37-6)31-30-27(34-25-11-7-8-12-26(25)35-31)18-22(19-28(30)36)21-14-16-23(17-15-21)33(3,4)5/h7-17,20,22,31,34-35H,18-19H2,1-6H3. The van der Waals surface area contributed by atoms with Crippen LogP contribution < -0.4 is 20.1 Å². The molecule has 0 amide bonds. The first-order chi connectivity index (χ1) is 18.2. The molecule has 0 saturated heterocycles. The summed E-state index contributed by atoms with van der Waals surface area (Å²) >= 11 is 0. The van der Waals surface area contributed by atoms with Gasteiger partial charge in [0.25, 0.3) is 0 Å². The van der Waals surface area contributed by atoms with E-state index in [9.17, 15) is 4.79 Å². The summed E-state index contributed by atoms with van der Waals surface area (Å²) in [6, 6.07) is 22.4. The van der Waals surface area contributed by atoms with Gasteiger partial charge < -0.3 is 20.1 Å². The van der Waals surface area contributed by atoms with Crippen molar-refractivity contribution in [3.05, 3.63) is 94.7 Å². The molecule has 0 fully saturated rings. The number of hydrogen-bond acceptors (Lipinski definition) is 5. The first-order valence-electron chi connectivity index (χ1n) is 13.5. The van der Waals surface area contributed by atoms with Crippen LogP contribution in [0.3, 0.4) is 0 Å². The second-order valence-corrected chi connectivity index (χ2v) is 11.6. The van der Waals surface area contributed by atoms with Crippen molar-refractivity contribution in [2.75, 3.05) is 17.7 Å². The minimum Gasteiger partial charge on any atom is -0.493 e. The van der Waals surface area contributed by atoms with Crippen LogP contribution in [0.15, 0.2) is 78.0 Å². The predicted molar refractivity (Wildman–Crippen MR) is 154 cm³/mol. The molecule has 0 saturated carbocycles. The van der Waals surface area contributed by atoms with Gasteiger partial charge in [0.1, 0.15) is 0 Å². The predicted octanol–water partition coefficient (Wildman–Crippen LogP) is 7.76. The zero-order chi connectivity index (χ0) is 27.0. The molecule has 3 aromatic carbocycles. The Balaban J connectivity index is 1.60. The van der Waals surface area contributed by atoms with E-state index in [0.717, 1.165) is 34.6 Å². The molecule has 2 unspecified atom stereocenters. The monoisotopic (exact) mass is 510 g/mol. The number of Topliss-reactive ketones (excluding diaryl/α,β-unsaturated/α-hetero) is 1. The van der Waals surface area contributed by atoms with E-state index in [1.165, 1.54) is 11.1 Å². The largest absolute Gasteiger partial charge is 0.493 e. The van der Waals surface area contributed by atoms with Gasteiger partial charge >= 0.3 is 0 Å². The Kier molecular flexibility index (Phi) is 6.95. The highest BCUT2D eigenvalue weighted by atomic mass is 16.5. The Morgan fingerprint density at radius 3 is 2.26 bits per heavy atom. The summed E-state index contributed by atoms with van der Waals surface area (Å²) in [7, 11) is 1.65. The van der Waals surface area contributed by atoms with E-state index in [2.05, 4.69) is 61.7 Å². The summed E-state index contributed by atoms with van der Waals surface area (Å²) in [6.07, 6.45) is 1.18. The number of ether oxygens (including phenoxy) is 2. The van der Waals surface area contributed by atoms with Gasteiger partial charge in [0, 0.05) is 23.3 Å². The lowest BCUT2D eigenvalue weighted by molar-refractivity contribution is -0.116. The number of anilines is 2. The number of allylic oxidation sites excluding steroid dienone is 1. The van der Waals surface area contributed by atoms with Crippen molar-refractivity contribution in [3.8, 4) is 11.5 Å². The van der Waals surface area contributed by atoms with E-state index >= 15 is 0 Å². The lowest BCUT2D eigenvalue weighted by atomic mass is 9.77. The molecule has 2 aliphatic rings. The van der Waals surface area contributed by atoms with Gasteiger partial charge in [-0.05, 0) is 60.9 Å². The Labute approximate surface area is 226 Å². The second-order valence-electron chi connectivity index (χ2n) is 11.6. The molecule has 2 atom stereocenters. The topological polar surface area (TPSA) is 59.6 Å². The summed E-state index contributed by atoms with van der Waals surface area (Å²) in [5.74, 6) is 1.59. The second kappa shape index (κ2) is 10.2. The average Bonchev–Trinajstić information content (AvgIpc) is 3.05. The van der Waals surface area contributed by atoms with Crippen LogP contribution >= 0.6 is 0 Å². The van der Waals surface area contributed by atoms with Gasteiger partial charge in [-0.2, -0.15) is 0 Å². The van der Waals surface area contributed by atoms with E-state index in [1.807, 2.05) is 50.2 Å². The van der Waals surface area contributed by atoms with Gasteiger partial charge in [-0.1, -0.05) is 69.3 Å². The third-order valence-electron chi connectivity index (χ3n) is 7.45. The van der Waals surface area contributed by atoms with Gasteiger partial charge in [-0.25, -0.2) is 0 Å². The number of methoxy groups -OCH3 is 1. The summed E-state index contributed by atoms with van der Waals surface area (Å²) in [5.41, 5.74) is 7.13. The average molecular weight is 511 g/mol. The molecule has 2 N–H and O–H groups in total. The van der Waals surface area contributed by atoms with E-state index in [0.29, 0.717) is 17.9 Å². The molecule has 0 aromatic heterocycles. The maximum Gasteiger partial charge on any atom is 0.167 e. The minimum atomic E-state index is -0.373. The molecule has 198 valence electrons. The van der Waals surface area contributed by atoms with E-state index < -0.39 is 0 Å². The number of hydrogen-bond donors (Lipinski definition) is 2. The molecule has 0 radical (unpaired) electrons. The molecule has 0 bridgehead atoms. The molecule has 3 aromatic rings. The van der Waals surface area contributed by atoms with Crippen LogP contribution in [-0.4, -0.2) is 19.0 Å². The van der Waals surface area contributed by atoms with Gasteiger partial charge in [0.15, 0.2) is 17.3 Å². The van der Waals surface area contributed by atoms with Gasteiger partial charge in [0.2, 0.25) is 0 Å². The van der Waals surface area contributed by atoms with Gasteiger partial charge in [0.05, 0.1) is 30.6 Å². The maximum absolute atomic E-state index is 14.0. The third-order valence-corrected chi connectivity index (χ3v) is 7.45. The molecule has 5 nitrogen and oxygen atoms in total. The first kappa shape index (κ1) is 25.9. The lowest BCUT2D eigenvalue weighted by Gasteiger charge is -2.31. The van der Waals surface area contributed by atoms with Crippen molar-refractivity contribution < 1.29 is 14.3 Å². The fourth-order valence-electron chi connectivity index (χ4n) is 5.50. The first-order valence-corrected chi connectivity index (χ1v) is 13.5. The highest BCUT2D eigenvalue weighted by Gasteiger charge is 2.37. The molecule has 5 heteroatoms. The summed E-state index contributed by atoms with van der Waals surface area (Å²) in [6.45, 7) is 10.7. The van der Waals surface area contributed by atoms with Gasteiger partial charge in [-0.3, -0.25) is 4.79 Å². The van der Waals surface area contributed by atoms with Crippen LogP contribution in [-0.2, 0) is 10.2 Å². The number of carbonyl (C=O) groups excluding carboxylic acids is 1. The Hall–Kier alpha value is -3.73. The number of fused-ring (bicyclic) bond motifs is 1. The Morgan fingerprint density at radius 1 is 0.895 bits per heavy atom. The van der Waals surface area contributed by atoms with Crippen LogP contribution in [0.2, 0.25) is 0 Å². The van der Waals surface area contributed by atoms with Gasteiger partial charge in [-0.15, -0.1) is 0 Å². The summed E-state index contributed by atoms with van der Waals surface area (Å²) < 4.78 is 12.0.